The third-order valence-electron chi connectivity index (χ3n) is 2.51. The highest BCUT2D eigenvalue weighted by molar-refractivity contribution is 7.20. The standard InChI is InChI=1S/C14H14S/c1-4-7-12-11(5-2)14-10(3)8-6-9-13(14)15-12/h4-9H,2H2,1,3H3/b7-4-. The number of aryl methyl sites for hydroxylation is 1. The van der Waals surface area contributed by atoms with Gasteiger partial charge in [-0.25, -0.2) is 0 Å². The molecule has 15 heavy (non-hydrogen) atoms. The first kappa shape index (κ1) is 10.2. The molecule has 0 bridgehead atoms. The molecule has 0 spiro atoms. The molecule has 0 saturated carbocycles. The lowest BCUT2D eigenvalue weighted by molar-refractivity contribution is 1.54. The van der Waals surface area contributed by atoms with E-state index in [1.54, 1.807) is 0 Å². The van der Waals surface area contributed by atoms with E-state index in [0.29, 0.717) is 0 Å². The van der Waals surface area contributed by atoms with Gasteiger partial charge in [-0.3, -0.25) is 0 Å². The first-order valence-corrected chi connectivity index (χ1v) is 5.87. The average molecular weight is 214 g/mol. The average Bonchev–Trinajstić information content (AvgIpc) is 2.57. The fourth-order valence-electron chi connectivity index (χ4n) is 1.85. The predicted octanol–water partition coefficient (Wildman–Crippen LogP) is 4.89. The van der Waals surface area contributed by atoms with Crippen molar-refractivity contribution >= 4 is 33.6 Å². The zero-order valence-electron chi connectivity index (χ0n) is 9.08. The van der Waals surface area contributed by atoms with Gasteiger partial charge in [0.15, 0.2) is 0 Å². The van der Waals surface area contributed by atoms with Crippen LogP contribution >= 0.6 is 11.3 Å². The summed E-state index contributed by atoms with van der Waals surface area (Å²) in [7, 11) is 0. The van der Waals surface area contributed by atoms with Crippen molar-refractivity contribution in [3.05, 3.63) is 46.9 Å². The van der Waals surface area contributed by atoms with Gasteiger partial charge in [0, 0.05) is 15.0 Å². The van der Waals surface area contributed by atoms with E-state index in [0.717, 1.165) is 0 Å². The minimum Gasteiger partial charge on any atom is -0.135 e. The van der Waals surface area contributed by atoms with E-state index >= 15 is 0 Å². The summed E-state index contributed by atoms with van der Waals surface area (Å²) < 4.78 is 1.35. The molecule has 2 rings (SSSR count). The Morgan fingerprint density at radius 2 is 2.13 bits per heavy atom. The Bertz CT molecular complexity index is 530. The maximum Gasteiger partial charge on any atom is 0.0358 e. The second-order valence-corrected chi connectivity index (χ2v) is 4.62. The van der Waals surface area contributed by atoms with E-state index in [-0.39, 0.29) is 0 Å². The van der Waals surface area contributed by atoms with Crippen molar-refractivity contribution in [1.82, 2.24) is 0 Å². The van der Waals surface area contributed by atoms with Crippen LogP contribution in [0.2, 0.25) is 0 Å². The molecule has 1 aromatic carbocycles. The second-order valence-electron chi connectivity index (χ2n) is 3.53. The molecule has 0 saturated heterocycles. The molecule has 0 aliphatic carbocycles. The molecule has 1 heteroatoms. The lowest BCUT2D eigenvalue weighted by Gasteiger charge is -1.97. The van der Waals surface area contributed by atoms with Crippen molar-refractivity contribution in [2.24, 2.45) is 0 Å². The number of benzene rings is 1. The van der Waals surface area contributed by atoms with Gasteiger partial charge in [-0.2, -0.15) is 0 Å². The van der Waals surface area contributed by atoms with Gasteiger partial charge in [0.1, 0.15) is 0 Å². The lowest BCUT2D eigenvalue weighted by atomic mass is 10.1. The topological polar surface area (TPSA) is 0 Å². The van der Waals surface area contributed by atoms with Gasteiger partial charge in [-0.1, -0.05) is 30.9 Å². The van der Waals surface area contributed by atoms with Crippen LogP contribution in [0, 0.1) is 6.92 Å². The number of thiophene rings is 1. The summed E-state index contributed by atoms with van der Waals surface area (Å²) in [5.74, 6) is 0. The zero-order chi connectivity index (χ0) is 10.8. The third kappa shape index (κ3) is 1.64. The molecule has 1 heterocycles. The maximum atomic E-state index is 3.91. The van der Waals surface area contributed by atoms with Crippen LogP contribution in [0.25, 0.3) is 22.2 Å². The lowest BCUT2D eigenvalue weighted by Crippen LogP contribution is -1.76. The fraction of sp³-hybridized carbons (Fsp3) is 0.143. The number of allylic oxidation sites excluding steroid dienone is 1. The molecule has 0 aliphatic heterocycles. The van der Waals surface area contributed by atoms with Crippen LogP contribution in [-0.4, -0.2) is 0 Å². The summed E-state index contributed by atoms with van der Waals surface area (Å²) >= 11 is 1.83. The summed E-state index contributed by atoms with van der Waals surface area (Å²) in [5.41, 5.74) is 2.60. The van der Waals surface area contributed by atoms with Gasteiger partial charge in [0.05, 0.1) is 0 Å². The zero-order valence-corrected chi connectivity index (χ0v) is 9.90. The Morgan fingerprint density at radius 1 is 1.33 bits per heavy atom. The van der Waals surface area contributed by atoms with Gasteiger partial charge in [-0.15, -0.1) is 11.3 Å². The third-order valence-corrected chi connectivity index (χ3v) is 3.65. The molecule has 0 unspecified atom stereocenters. The number of rotatable bonds is 2. The van der Waals surface area contributed by atoms with E-state index < -0.39 is 0 Å². The van der Waals surface area contributed by atoms with E-state index in [2.05, 4.69) is 43.9 Å². The fourth-order valence-corrected chi connectivity index (χ4v) is 3.10. The van der Waals surface area contributed by atoms with E-state index in [9.17, 15) is 0 Å². The molecule has 76 valence electrons. The van der Waals surface area contributed by atoms with Crippen LogP contribution in [0.15, 0.2) is 30.9 Å². The molecule has 0 radical (unpaired) electrons. The first-order valence-electron chi connectivity index (χ1n) is 5.05. The Kier molecular flexibility index (Phi) is 2.74. The van der Waals surface area contributed by atoms with Crippen LogP contribution in [0.5, 0.6) is 0 Å². The smallest absolute Gasteiger partial charge is 0.0358 e. The normalized spacial score (nSPS) is 11.3. The molecular weight excluding hydrogens is 200 g/mol. The molecule has 0 nitrogen and oxygen atoms in total. The molecule has 0 N–H and O–H groups in total. The van der Waals surface area contributed by atoms with E-state index in [1.165, 1.54) is 26.1 Å². The summed E-state index contributed by atoms with van der Waals surface area (Å²) in [6, 6.07) is 6.44. The van der Waals surface area contributed by atoms with E-state index in [1.807, 2.05) is 24.3 Å². The van der Waals surface area contributed by atoms with Crippen molar-refractivity contribution in [3.8, 4) is 0 Å². The molecule has 2 aromatic rings. The van der Waals surface area contributed by atoms with E-state index in [4.69, 9.17) is 0 Å². The van der Waals surface area contributed by atoms with Crippen LogP contribution < -0.4 is 0 Å². The molecule has 0 aliphatic rings. The number of hydrogen-bond donors (Lipinski definition) is 0. The van der Waals surface area contributed by atoms with Crippen molar-refractivity contribution in [2.75, 3.05) is 0 Å². The second kappa shape index (κ2) is 4.03. The van der Waals surface area contributed by atoms with Crippen LogP contribution in [0.1, 0.15) is 22.9 Å². The number of hydrogen-bond acceptors (Lipinski definition) is 1. The van der Waals surface area contributed by atoms with Crippen molar-refractivity contribution < 1.29 is 0 Å². The minimum absolute atomic E-state index is 1.27. The van der Waals surface area contributed by atoms with Crippen LogP contribution in [0.3, 0.4) is 0 Å². The highest BCUT2D eigenvalue weighted by Crippen LogP contribution is 2.34. The first-order chi connectivity index (χ1) is 7.27. The molecule has 0 amide bonds. The summed E-state index contributed by atoms with van der Waals surface area (Å²) in [5, 5.41) is 1.35. The van der Waals surface area contributed by atoms with Gasteiger partial charge in [-0.05, 0) is 37.1 Å². The Morgan fingerprint density at radius 3 is 2.80 bits per heavy atom. The van der Waals surface area contributed by atoms with Gasteiger partial charge < -0.3 is 0 Å². The van der Waals surface area contributed by atoms with Crippen LogP contribution in [-0.2, 0) is 0 Å². The quantitative estimate of drug-likeness (QED) is 0.668. The Labute approximate surface area is 94.6 Å². The maximum absolute atomic E-state index is 3.91. The highest BCUT2D eigenvalue weighted by atomic mass is 32.1. The van der Waals surface area contributed by atoms with Gasteiger partial charge >= 0.3 is 0 Å². The SMILES string of the molecule is C=Cc1c(/C=C\C)sc2cccc(C)c12. The predicted molar refractivity (Wildman–Crippen MR) is 71.4 cm³/mol. The summed E-state index contributed by atoms with van der Waals surface area (Å²) in [4.78, 5) is 1.30. The van der Waals surface area contributed by atoms with Crippen molar-refractivity contribution in [3.63, 3.8) is 0 Å². The largest absolute Gasteiger partial charge is 0.135 e. The Balaban J connectivity index is 2.85. The Hall–Kier alpha value is -1.34. The molecular formula is C14H14S. The minimum atomic E-state index is 1.27. The van der Waals surface area contributed by atoms with Gasteiger partial charge in [0.2, 0.25) is 0 Å². The molecule has 0 atom stereocenters. The summed E-state index contributed by atoms with van der Waals surface area (Å²) in [6.07, 6.45) is 6.19. The molecule has 1 aromatic heterocycles. The van der Waals surface area contributed by atoms with Crippen LogP contribution in [0.4, 0.5) is 0 Å². The van der Waals surface area contributed by atoms with Crippen molar-refractivity contribution in [1.29, 1.82) is 0 Å². The van der Waals surface area contributed by atoms with Gasteiger partial charge in [0.25, 0.3) is 0 Å². The van der Waals surface area contributed by atoms with Crippen molar-refractivity contribution in [2.45, 2.75) is 13.8 Å². The monoisotopic (exact) mass is 214 g/mol. The summed E-state index contributed by atoms with van der Waals surface area (Å²) in [6.45, 7) is 8.11. The molecule has 0 fully saturated rings. The highest BCUT2D eigenvalue weighted by Gasteiger charge is 2.08. The number of fused-ring (bicyclic) bond motifs is 1.